The fourth-order valence-corrected chi connectivity index (χ4v) is 2.22. The van der Waals surface area contributed by atoms with Crippen molar-refractivity contribution in [2.24, 2.45) is 0 Å². The van der Waals surface area contributed by atoms with Crippen molar-refractivity contribution in [1.29, 1.82) is 0 Å². The lowest BCUT2D eigenvalue weighted by molar-refractivity contribution is -0.179. The van der Waals surface area contributed by atoms with E-state index in [9.17, 15) is 27.2 Å². The summed E-state index contributed by atoms with van der Waals surface area (Å²) < 4.78 is 58.4. The molecule has 0 bridgehead atoms. The number of carbonyl (C=O) groups excluding carboxylic acids is 2. The van der Waals surface area contributed by atoms with Crippen LogP contribution in [0.3, 0.4) is 0 Å². The monoisotopic (exact) mass is 398 g/mol. The van der Waals surface area contributed by atoms with E-state index in [1.807, 2.05) is 30.3 Å². The van der Waals surface area contributed by atoms with E-state index in [2.05, 4.69) is 4.74 Å². The minimum absolute atomic E-state index is 0.0139. The summed E-state index contributed by atoms with van der Waals surface area (Å²) in [6.07, 6.45) is -4.44. The Morgan fingerprint density at radius 1 is 0.857 bits per heavy atom. The highest BCUT2D eigenvalue weighted by Gasteiger charge is 2.42. The molecule has 0 aliphatic carbocycles. The number of esters is 2. The van der Waals surface area contributed by atoms with Gasteiger partial charge in [-0.15, -0.1) is 0 Å². The van der Waals surface area contributed by atoms with Crippen molar-refractivity contribution in [3.05, 3.63) is 54.6 Å². The van der Waals surface area contributed by atoms with Crippen molar-refractivity contribution >= 4 is 11.9 Å². The molecule has 150 valence electrons. The molecule has 0 aromatic heterocycles. The van der Waals surface area contributed by atoms with Gasteiger partial charge in [-0.2, -0.15) is 8.78 Å². The summed E-state index contributed by atoms with van der Waals surface area (Å²) in [5.74, 6) is -5.76. The van der Waals surface area contributed by atoms with E-state index in [0.29, 0.717) is 5.75 Å². The molecular formula is C20H18F4O4. The van der Waals surface area contributed by atoms with Crippen molar-refractivity contribution in [3.8, 4) is 16.9 Å². The van der Waals surface area contributed by atoms with Crippen LogP contribution in [0.5, 0.6) is 5.75 Å². The molecule has 2 aromatic carbocycles. The van der Waals surface area contributed by atoms with Crippen LogP contribution in [0.25, 0.3) is 11.1 Å². The Bertz CT molecular complexity index is 777. The molecule has 8 heteroatoms. The lowest BCUT2D eigenvalue weighted by Crippen LogP contribution is -2.33. The summed E-state index contributed by atoms with van der Waals surface area (Å²) in [6, 6.07) is 16.4. The number of halogens is 4. The molecule has 0 heterocycles. The van der Waals surface area contributed by atoms with Crippen molar-refractivity contribution in [3.63, 3.8) is 0 Å². The Balaban J connectivity index is 1.72. The van der Waals surface area contributed by atoms with Crippen molar-refractivity contribution in [2.45, 2.75) is 31.6 Å². The Labute approximate surface area is 159 Å². The van der Waals surface area contributed by atoms with Crippen LogP contribution in [0.1, 0.15) is 19.3 Å². The van der Waals surface area contributed by atoms with Crippen molar-refractivity contribution in [2.75, 3.05) is 6.61 Å². The van der Waals surface area contributed by atoms with Gasteiger partial charge in [0.25, 0.3) is 0 Å². The van der Waals surface area contributed by atoms with Crippen LogP contribution in [0.4, 0.5) is 17.6 Å². The van der Waals surface area contributed by atoms with Gasteiger partial charge in [0.15, 0.2) is 6.61 Å². The Morgan fingerprint density at radius 2 is 1.43 bits per heavy atom. The van der Waals surface area contributed by atoms with E-state index >= 15 is 0 Å². The lowest BCUT2D eigenvalue weighted by Gasteiger charge is -2.14. The molecule has 2 aromatic rings. The maximum atomic E-state index is 12.6. The zero-order valence-corrected chi connectivity index (χ0v) is 14.7. The Hall–Kier alpha value is -2.90. The van der Waals surface area contributed by atoms with Crippen LogP contribution >= 0.6 is 0 Å². The average Bonchev–Trinajstić information content (AvgIpc) is 2.67. The van der Waals surface area contributed by atoms with Crippen LogP contribution in [0.15, 0.2) is 54.6 Å². The van der Waals surface area contributed by atoms with Gasteiger partial charge in [0, 0.05) is 12.8 Å². The maximum absolute atomic E-state index is 12.6. The summed E-state index contributed by atoms with van der Waals surface area (Å²) in [7, 11) is 0. The van der Waals surface area contributed by atoms with E-state index in [-0.39, 0.29) is 19.3 Å². The average molecular weight is 398 g/mol. The maximum Gasteiger partial charge on any atom is 0.340 e. The van der Waals surface area contributed by atoms with Gasteiger partial charge in [-0.3, -0.25) is 9.59 Å². The first-order valence-electron chi connectivity index (χ1n) is 8.46. The van der Waals surface area contributed by atoms with Gasteiger partial charge in [-0.05, 0) is 29.7 Å². The standard InChI is InChI=1S/C20H18F4O4/c21-19(22)20(23,24)13-27-17(25)7-4-8-18(26)28-16-11-9-15(10-12-16)14-5-2-1-3-6-14/h1-3,5-6,9-12,19H,4,7-8,13H2. The molecule has 0 atom stereocenters. The Morgan fingerprint density at radius 3 is 2.04 bits per heavy atom. The molecule has 0 amide bonds. The van der Waals surface area contributed by atoms with E-state index < -0.39 is 30.9 Å². The third-order valence-electron chi connectivity index (χ3n) is 3.70. The number of carbonyl (C=O) groups is 2. The first-order valence-corrected chi connectivity index (χ1v) is 8.46. The molecule has 0 unspecified atom stereocenters. The second-order valence-electron chi connectivity index (χ2n) is 5.94. The molecular weight excluding hydrogens is 380 g/mol. The minimum Gasteiger partial charge on any atom is -0.459 e. The number of benzene rings is 2. The lowest BCUT2D eigenvalue weighted by atomic mass is 10.1. The van der Waals surface area contributed by atoms with Gasteiger partial charge < -0.3 is 9.47 Å². The van der Waals surface area contributed by atoms with Crippen LogP contribution in [-0.2, 0) is 14.3 Å². The molecule has 0 spiro atoms. The van der Waals surface area contributed by atoms with Crippen LogP contribution in [0.2, 0.25) is 0 Å². The summed E-state index contributed by atoms with van der Waals surface area (Å²) in [5.41, 5.74) is 1.96. The van der Waals surface area contributed by atoms with Crippen molar-refractivity contribution < 1.29 is 36.6 Å². The highest BCUT2D eigenvalue weighted by atomic mass is 19.3. The molecule has 0 saturated heterocycles. The molecule has 2 rings (SSSR count). The third-order valence-corrected chi connectivity index (χ3v) is 3.70. The first-order chi connectivity index (χ1) is 13.3. The second kappa shape index (κ2) is 9.87. The molecule has 0 radical (unpaired) electrons. The Kier molecular flexibility index (Phi) is 7.54. The van der Waals surface area contributed by atoms with Gasteiger partial charge in [0.05, 0.1) is 0 Å². The fraction of sp³-hybridized carbons (Fsp3) is 0.300. The molecule has 0 saturated carbocycles. The molecule has 4 nitrogen and oxygen atoms in total. The van der Waals surface area contributed by atoms with Gasteiger partial charge in [-0.25, -0.2) is 8.78 Å². The number of ether oxygens (including phenoxy) is 2. The van der Waals surface area contributed by atoms with E-state index in [0.717, 1.165) is 11.1 Å². The summed E-state index contributed by atoms with van der Waals surface area (Å²) in [6.45, 7) is -1.69. The van der Waals surface area contributed by atoms with E-state index in [4.69, 9.17) is 4.74 Å². The number of rotatable bonds is 9. The first kappa shape index (κ1) is 21.4. The summed E-state index contributed by atoms with van der Waals surface area (Å²) in [5, 5.41) is 0. The second-order valence-corrected chi connectivity index (χ2v) is 5.94. The van der Waals surface area contributed by atoms with Gasteiger partial charge in [-0.1, -0.05) is 42.5 Å². The summed E-state index contributed by atoms with van der Waals surface area (Å²) >= 11 is 0. The number of alkyl halides is 4. The third kappa shape index (κ3) is 6.68. The normalized spacial score (nSPS) is 11.3. The molecule has 0 N–H and O–H groups in total. The van der Waals surface area contributed by atoms with Gasteiger partial charge in [0.2, 0.25) is 0 Å². The number of hydrogen-bond donors (Lipinski definition) is 0. The fourth-order valence-electron chi connectivity index (χ4n) is 2.22. The molecule has 0 aliphatic heterocycles. The minimum atomic E-state index is -4.39. The van der Waals surface area contributed by atoms with Gasteiger partial charge in [0.1, 0.15) is 5.75 Å². The predicted molar refractivity (Wildman–Crippen MR) is 93.3 cm³/mol. The number of hydrogen-bond acceptors (Lipinski definition) is 4. The highest BCUT2D eigenvalue weighted by Crippen LogP contribution is 2.24. The van der Waals surface area contributed by atoms with Crippen LogP contribution in [-0.4, -0.2) is 30.9 Å². The smallest absolute Gasteiger partial charge is 0.340 e. The molecule has 0 fully saturated rings. The molecule has 0 aliphatic rings. The van der Waals surface area contributed by atoms with Gasteiger partial charge >= 0.3 is 24.3 Å². The van der Waals surface area contributed by atoms with E-state index in [1.165, 1.54) is 0 Å². The molecule has 28 heavy (non-hydrogen) atoms. The quantitative estimate of drug-likeness (QED) is 0.343. The van der Waals surface area contributed by atoms with Crippen LogP contribution < -0.4 is 4.74 Å². The zero-order chi connectivity index (χ0) is 20.6. The highest BCUT2D eigenvalue weighted by molar-refractivity contribution is 5.74. The predicted octanol–water partition coefficient (Wildman–Crippen LogP) is 4.87. The van der Waals surface area contributed by atoms with Crippen molar-refractivity contribution in [1.82, 2.24) is 0 Å². The zero-order valence-electron chi connectivity index (χ0n) is 14.7. The van der Waals surface area contributed by atoms with E-state index in [1.54, 1.807) is 24.3 Å². The SMILES string of the molecule is O=C(CCCC(=O)Oc1ccc(-c2ccccc2)cc1)OCC(F)(F)C(F)F. The summed E-state index contributed by atoms with van der Waals surface area (Å²) in [4.78, 5) is 23.0. The largest absolute Gasteiger partial charge is 0.459 e. The van der Waals surface area contributed by atoms with Crippen LogP contribution in [0, 0.1) is 0 Å². The topological polar surface area (TPSA) is 52.6 Å².